The molecular weight excluding hydrogens is 184 g/mol. The van der Waals surface area contributed by atoms with E-state index in [0.29, 0.717) is 0 Å². The SMILES string of the molecule is O=C1N=C(Cl)N=C2SC=CC12. The van der Waals surface area contributed by atoms with Crippen LogP contribution < -0.4 is 0 Å². The largest absolute Gasteiger partial charge is 0.271 e. The number of amides is 1. The molecule has 0 radical (unpaired) electrons. The third kappa shape index (κ3) is 1.12. The molecule has 0 aromatic rings. The van der Waals surface area contributed by atoms with E-state index in [1.807, 2.05) is 5.41 Å². The first kappa shape index (κ1) is 7.06. The Morgan fingerprint density at radius 3 is 3.18 bits per heavy atom. The van der Waals surface area contributed by atoms with Crippen LogP contribution in [0.2, 0.25) is 0 Å². The molecule has 0 N–H and O–H groups in total. The van der Waals surface area contributed by atoms with Crippen LogP contribution in [0.3, 0.4) is 0 Å². The number of rotatable bonds is 0. The summed E-state index contributed by atoms with van der Waals surface area (Å²) >= 11 is 6.90. The quantitative estimate of drug-likeness (QED) is 0.537. The monoisotopic (exact) mass is 186 g/mol. The minimum atomic E-state index is -0.262. The van der Waals surface area contributed by atoms with Crippen molar-refractivity contribution in [2.75, 3.05) is 0 Å². The maximum absolute atomic E-state index is 11.1. The maximum atomic E-state index is 11.1. The second kappa shape index (κ2) is 2.46. The summed E-state index contributed by atoms with van der Waals surface area (Å²) in [5.41, 5.74) is 0. The third-order valence-corrected chi connectivity index (χ3v) is 2.45. The van der Waals surface area contributed by atoms with Gasteiger partial charge in [0, 0.05) is 0 Å². The zero-order valence-electron chi connectivity index (χ0n) is 5.32. The van der Waals surface area contributed by atoms with Crippen molar-refractivity contribution in [3.8, 4) is 0 Å². The smallest absolute Gasteiger partial charge is 0.262 e. The molecule has 3 nitrogen and oxygen atoms in total. The second-order valence-corrected chi connectivity index (χ2v) is 3.36. The van der Waals surface area contributed by atoms with Crippen LogP contribution in [0, 0.1) is 5.92 Å². The predicted molar refractivity (Wildman–Crippen MR) is 46.0 cm³/mol. The normalized spacial score (nSPS) is 28.1. The Labute approximate surface area is 72.2 Å². The van der Waals surface area contributed by atoms with Crippen LogP contribution in [-0.4, -0.2) is 16.2 Å². The summed E-state index contributed by atoms with van der Waals surface area (Å²) in [6, 6.07) is 0. The van der Waals surface area contributed by atoms with Gasteiger partial charge in [0.2, 0.25) is 5.29 Å². The molecule has 0 saturated heterocycles. The number of amidine groups is 1. The molecule has 11 heavy (non-hydrogen) atoms. The van der Waals surface area contributed by atoms with Gasteiger partial charge in [-0.1, -0.05) is 17.8 Å². The fraction of sp³-hybridized carbons (Fsp3) is 0.167. The Bertz CT molecular complexity index is 308. The van der Waals surface area contributed by atoms with Crippen molar-refractivity contribution in [3.05, 3.63) is 11.5 Å². The Balaban J connectivity index is 2.41. The lowest BCUT2D eigenvalue weighted by atomic mass is 10.1. The van der Waals surface area contributed by atoms with E-state index in [-0.39, 0.29) is 17.1 Å². The van der Waals surface area contributed by atoms with Crippen molar-refractivity contribution in [2.45, 2.75) is 0 Å². The number of nitrogens with zero attached hydrogens (tertiary/aromatic N) is 2. The van der Waals surface area contributed by atoms with E-state index in [4.69, 9.17) is 11.6 Å². The van der Waals surface area contributed by atoms with Gasteiger partial charge in [-0.2, -0.15) is 4.99 Å². The van der Waals surface area contributed by atoms with E-state index in [9.17, 15) is 4.79 Å². The number of fused-ring (bicyclic) bond motifs is 1. The van der Waals surface area contributed by atoms with Gasteiger partial charge >= 0.3 is 0 Å². The van der Waals surface area contributed by atoms with Crippen molar-refractivity contribution in [3.63, 3.8) is 0 Å². The average Bonchev–Trinajstić information content (AvgIpc) is 2.34. The Morgan fingerprint density at radius 2 is 2.36 bits per heavy atom. The second-order valence-electron chi connectivity index (χ2n) is 2.09. The highest BCUT2D eigenvalue weighted by molar-refractivity contribution is 8.17. The van der Waals surface area contributed by atoms with Crippen LogP contribution in [0.25, 0.3) is 0 Å². The van der Waals surface area contributed by atoms with Gasteiger partial charge in [-0.25, -0.2) is 4.99 Å². The summed E-state index contributed by atoms with van der Waals surface area (Å²) in [5.74, 6) is -0.483. The average molecular weight is 187 g/mol. The molecule has 2 aliphatic rings. The first-order valence-corrected chi connectivity index (χ1v) is 4.23. The molecule has 0 aromatic heterocycles. The molecule has 2 heterocycles. The number of hydrogen-bond donors (Lipinski definition) is 0. The summed E-state index contributed by atoms with van der Waals surface area (Å²) < 4.78 is 0. The van der Waals surface area contributed by atoms with Gasteiger partial charge in [-0.05, 0) is 17.0 Å². The van der Waals surface area contributed by atoms with Gasteiger partial charge in [-0.3, -0.25) is 4.79 Å². The lowest BCUT2D eigenvalue weighted by Crippen LogP contribution is -2.20. The Hall–Kier alpha value is -0.610. The lowest BCUT2D eigenvalue weighted by Gasteiger charge is -2.08. The maximum Gasteiger partial charge on any atom is 0.262 e. The summed E-state index contributed by atoms with van der Waals surface area (Å²) in [6.07, 6.45) is 1.78. The van der Waals surface area contributed by atoms with Crippen molar-refractivity contribution >= 4 is 39.6 Å². The summed E-state index contributed by atoms with van der Waals surface area (Å²) in [5, 5.41) is 2.60. The van der Waals surface area contributed by atoms with E-state index < -0.39 is 0 Å². The van der Waals surface area contributed by atoms with Crippen molar-refractivity contribution in [1.29, 1.82) is 0 Å². The molecule has 2 rings (SSSR count). The number of carbonyl (C=O) groups excluding carboxylic acids is 1. The molecule has 0 aromatic carbocycles. The van der Waals surface area contributed by atoms with Crippen LogP contribution in [0.5, 0.6) is 0 Å². The number of halogens is 1. The Morgan fingerprint density at radius 1 is 1.55 bits per heavy atom. The first-order chi connectivity index (χ1) is 5.27. The molecule has 0 bridgehead atoms. The molecule has 56 valence electrons. The van der Waals surface area contributed by atoms with Crippen molar-refractivity contribution in [2.24, 2.45) is 15.9 Å². The summed E-state index contributed by atoms with van der Waals surface area (Å²) in [4.78, 5) is 18.5. The minimum Gasteiger partial charge on any atom is -0.271 e. The Kier molecular flexibility index (Phi) is 1.58. The van der Waals surface area contributed by atoms with Crippen LogP contribution >= 0.6 is 23.4 Å². The van der Waals surface area contributed by atoms with Gasteiger partial charge in [0.25, 0.3) is 5.91 Å². The van der Waals surface area contributed by atoms with Crippen LogP contribution in [0.15, 0.2) is 21.5 Å². The van der Waals surface area contributed by atoms with Gasteiger partial charge in [0.1, 0.15) is 5.92 Å². The zero-order chi connectivity index (χ0) is 7.84. The van der Waals surface area contributed by atoms with Gasteiger partial charge < -0.3 is 0 Å². The molecule has 1 amide bonds. The van der Waals surface area contributed by atoms with E-state index in [1.165, 1.54) is 11.8 Å². The van der Waals surface area contributed by atoms with E-state index in [0.717, 1.165) is 5.04 Å². The fourth-order valence-electron chi connectivity index (χ4n) is 0.903. The summed E-state index contributed by atoms with van der Waals surface area (Å²) in [6.45, 7) is 0. The van der Waals surface area contributed by atoms with Crippen LogP contribution in [-0.2, 0) is 4.79 Å². The highest BCUT2D eigenvalue weighted by atomic mass is 35.5. The molecular formula is C6H3ClN2OS. The molecule has 0 spiro atoms. The van der Waals surface area contributed by atoms with Crippen molar-refractivity contribution < 1.29 is 4.79 Å². The van der Waals surface area contributed by atoms with Gasteiger partial charge in [0.05, 0.1) is 5.04 Å². The van der Waals surface area contributed by atoms with E-state index >= 15 is 0 Å². The van der Waals surface area contributed by atoms with Crippen LogP contribution in [0.1, 0.15) is 0 Å². The van der Waals surface area contributed by atoms with Gasteiger partial charge in [-0.15, -0.1) is 0 Å². The molecule has 0 fully saturated rings. The predicted octanol–water partition coefficient (Wildman–Crippen LogP) is 1.40. The van der Waals surface area contributed by atoms with Gasteiger partial charge in [0.15, 0.2) is 0 Å². The number of aliphatic imine (C=N–C) groups is 2. The fourth-order valence-corrected chi connectivity index (χ4v) is 1.97. The number of hydrogen-bond acceptors (Lipinski definition) is 3. The van der Waals surface area contributed by atoms with Crippen molar-refractivity contribution in [1.82, 2.24) is 0 Å². The molecule has 5 heteroatoms. The minimum absolute atomic E-state index is 0.0393. The van der Waals surface area contributed by atoms with E-state index in [2.05, 4.69) is 9.98 Å². The summed E-state index contributed by atoms with van der Waals surface area (Å²) in [7, 11) is 0. The standard InChI is InChI=1S/C6H3ClN2OS/c7-6-8-4(10)3-1-2-11-5(3)9-6/h1-3H. The zero-order valence-corrected chi connectivity index (χ0v) is 6.89. The molecule has 0 aliphatic carbocycles. The van der Waals surface area contributed by atoms with Crippen LogP contribution in [0.4, 0.5) is 0 Å². The molecule has 1 unspecified atom stereocenters. The molecule has 2 aliphatic heterocycles. The topological polar surface area (TPSA) is 41.8 Å². The third-order valence-electron chi connectivity index (χ3n) is 1.40. The lowest BCUT2D eigenvalue weighted by molar-refractivity contribution is -0.118. The first-order valence-electron chi connectivity index (χ1n) is 2.97. The highest BCUT2D eigenvalue weighted by Gasteiger charge is 2.29. The van der Waals surface area contributed by atoms with E-state index in [1.54, 1.807) is 6.08 Å². The number of carbonyl (C=O) groups is 1. The molecule has 0 saturated carbocycles. The highest BCUT2D eigenvalue weighted by Crippen LogP contribution is 2.28. The molecule has 1 atom stereocenters. The number of thioether (sulfide) groups is 1.